The van der Waals surface area contributed by atoms with E-state index in [4.69, 9.17) is 28.4 Å². The molecule has 26 heavy (non-hydrogen) atoms. The Bertz CT molecular complexity index is 489. The van der Waals surface area contributed by atoms with E-state index in [1.54, 1.807) is 0 Å². The van der Waals surface area contributed by atoms with Gasteiger partial charge >= 0.3 is 23.9 Å². The zero-order valence-electron chi connectivity index (χ0n) is 15.8. The fourth-order valence-electron chi connectivity index (χ4n) is 2.15. The fourth-order valence-corrected chi connectivity index (χ4v) is 2.15. The third-order valence-electron chi connectivity index (χ3n) is 3.15. The lowest BCUT2D eigenvalue weighted by Gasteiger charge is -2.34. The van der Waals surface area contributed by atoms with Gasteiger partial charge in [-0.25, -0.2) is 0 Å². The van der Waals surface area contributed by atoms with Gasteiger partial charge < -0.3 is 28.4 Å². The highest BCUT2D eigenvalue weighted by Gasteiger charge is 2.40. The summed E-state index contributed by atoms with van der Waals surface area (Å²) in [6.45, 7) is 4.18. The summed E-state index contributed by atoms with van der Waals surface area (Å²) in [6.07, 6.45) is -4.16. The number of ether oxygens (including phenoxy) is 6. The summed E-state index contributed by atoms with van der Waals surface area (Å²) in [5.74, 6) is -2.46. The van der Waals surface area contributed by atoms with Gasteiger partial charge in [-0.2, -0.15) is 0 Å². The quantitative estimate of drug-likeness (QED) is 0.358. The normalized spacial score (nSPS) is 15.2. The molecule has 0 saturated heterocycles. The minimum Gasteiger partial charge on any atom is -0.463 e. The molecule has 0 aliphatic carbocycles. The molecule has 0 spiro atoms. The molecule has 0 rings (SSSR count). The maximum atomic E-state index is 11.5. The van der Waals surface area contributed by atoms with Crippen LogP contribution < -0.4 is 0 Å². The lowest BCUT2D eigenvalue weighted by atomic mass is 10.0. The van der Waals surface area contributed by atoms with Crippen molar-refractivity contribution in [2.75, 3.05) is 27.4 Å². The molecule has 10 nitrogen and oxygen atoms in total. The third kappa shape index (κ3) is 9.33. The maximum absolute atomic E-state index is 11.5. The molecular weight excluding hydrogens is 352 g/mol. The first-order valence-electron chi connectivity index (χ1n) is 7.79. The van der Waals surface area contributed by atoms with E-state index in [2.05, 4.69) is 0 Å². The number of methoxy groups -OCH3 is 2. The summed E-state index contributed by atoms with van der Waals surface area (Å²) in [5.41, 5.74) is 0. The second-order valence-electron chi connectivity index (χ2n) is 5.30. The molecule has 0 saturated carbocycles. The van der Waals surface area contributed by atoms with Crippen molar-refractivity contribution in [3.8, 4) is 0 Å². The number of esters is 4. The lowest BCUT2D eigenvalue weighted by molar-refractivity contribution is -0.196. The number of rotatable bonds is 11. The van der Waals surface area contributed by atoms with E-state index in [0.29, 0.717) is 0 Å². The van der Waals surface area contributed by atoms with Crippen LogP contribution in [0.3, 0.4) is 0 Å². The third-order valence-corrected chi connectivity index (χ3v) is 3.15. The Morgan fingerprint density at radius 1 is 0.615 bits per heavy atom. The van der Waals surface area contributed by atoms with Crippen LogP contribution in [0.2, 0.25) is 0 Å². The smallest absolute Gasteiger partial charge is 0.303 e. The Balaban J connectivity index is 5.59. The molecule has 0 unspecified atom stereocenters. The van der Waals surface area contributed by atoms with E-state index in [1.165, 1.54) is 41.9 Å². The van der Waals surface area contributed by atoms with Gasteiger partial charge in [0.15, 0.2) is 12.2 Å². The van der Waals surface area contributed by atoms with Gasteiger partial charge in [0, 0.05) is 41.9 Å². The van der Waals surface area contributed by atoms with Crippen LogP contribution in [0.25, 0.3) is 0 Å². The van der Waals surface area contributed by atoms with Crippen LogP contribution in [0.4, 0.5) is 0 Å². The number of carbonyl (C=O) groups excluding carboxylic acids is 4. The highest BCUT2D eigenvalue weighted by molar-refractivity contribution is 5.67. The minimum atomic E-state index is -1.11. The molecule has 0 aliphatic heterocycles. The van der Waals surface area contributed by atoms with E-state index in [9.17, 15) is 19.2 Å². The molecule has 0 amide bonds. The molecule has 0 aromatic rings. The van der Waals surface area contributed by atoms with Crippen LogP contribution in [0, 0.1) is 0 Å². The summed E-state index contributed by atoms with van der Waals surface area (Å²) < 4.78 is 30.8. The summed E-state index contributed by atoms with van der Waals surface area (Å²) in [4.78, 5) is 45.1. The number of hydrogen-bond donors (Lipinski definition) is 0. The van der Waals surface area contributed by atoms with E-state index >= 15 is 0 Å². The molecule has 0 aliphatic rings. The highest BCUT2D eigenvalue weighted by Crippen LogP contribution is 2.19. The van der Waals surface area contributed by atoms with Gasteiger partial charge in [0.2, 0.25) is 0 Å². The van der Waals surface area contributed by atoms with E-state index in [0.717, 1.165) is 0 Å². The van der Waals surface area contributed by atoms with Crippen LogP contribution in [-0.4, -0.2) is 75.7 Å². The van der Waals surface area contributed by atoms with Crippen molar-refractivity contribution in [3.63, 3.8) is 0 Å². The second-order valence-corrected chi connectivity index (χ2v) is 5.30. The van der Waals surface area contributed by atoms with Gasteiger partial charge in [-0.1, -0.05) is 0 Å². The van der Waals surface area contributed by atoms with Crippen molar-refractivity contribution in [1.29, 1.82) is 0 Å². The Morgan fingerprint density at radius 3 is 1.42 bits per heavy atom. The maximum Gasteiger partial charge on any atom is 0.303 e. The highest BCUT2D eigenvalue weighted by atomic mass is 16.6. The largest absolute Gasteiger partial charge is 0.463 e. The van der Waals surface area contributed by atoms with Crippen LogP contribution in [-0.2, 0) is 47.6 Å². The van der Waals surface area contributed by atoms with Gasteiger partial charge in [-0.3, -0.25) is 19.2 Å². The predicted octanol–water partition coefficient (Wildman–Crippen LogP) is 0.00600. The van der Waals surface area contributed by atoms with Crippen LogP contribution in [0.15, 0.2) is 0 Å². The predicted molar refractivity (Wildman–Crippen MR) is 86.0 cm³/mol. The molecule has 0 fully saturated rings. The second kappa shape index (κ2) is 12.2. The average Bonchev–Trinajstić information content (AvgIpc) is 2.52. The van der Waals surface area contributed by atoms with Crippen molar-refractivity contribution in [1.82, 2.24) is 0 Å². The van der Waals surface area contributed by atoms with Crippen molar-refractivity contribution in [3.05, 3.63) is 0 Å². The summed E-state index contributed by atoms with van der Waals surface area (Å²) >= 11 is 0. The van der Waals surface area contributed by atoms with Crippen LogP contribution in [0.5, 0.6) is 0 Å². The van der Waals surface area contributed by atoms with Crippen molar-refractivity contribution in [2.24, 2.45) is 0 Å². The molecule has 0 aromatic heterocycles. The van der Waals surface area contributed by atoms with E-state index in [-0.39, 0.29) is 13.2 Å². The van der Waals surface area contributed by atoms with Gasteiger partial charge in [0.05, 0.1) is 0 Å². The SMILES string of the molecule is CO[C@H]([C@H](OC(C)=O)[C@H](COC(C)=O)OC)[C@@H](COC(C)=O)OC(C)=O. The van der Waals surface area contributed by atoms with Gasteiger partial charge in [-0.05, 0) is 0 Å². The first-order valence-corrected chi connectivity index (χ1v) is 7.79. The van der Waals surface area contributed by atoms with Crippen molar-refractivity contribution < 1.29 is 47.6 Å². The first-order chi connectivity index (χ1) is 12.1. The Kier molecular flexibility index (Phi) is 11.2. The van der Waals surface area contributed by atoms with Gasteiger partial charge in [0.1, 0.15) is 25.4 Å². The Morgan fingerprint density at radius 2 is 1.08 bits per heavy atom. The summed E-state index contributed by atoms with van der Waals surface area (Å²) in [5, 5.41) is 0. The molecular formula is C16H26O10. The molecule has 0 N–H and O–H groups in total. The summed E-state index contributed by atoms with van der Waals surface area (Å²) in [6, 6.07) is 0. The first kappa shape index (κ1) is 23.8. The van der Waals surface area contributed by atoms with Gasteiger partial charge in [0.25, 0.3) is 0 Å². The molecule has 150 valence electrons. The van der Waals surface area contributed by atoms with Crippen LogP contribution in [0.1, 0.15) is 27.7 Å². The average molecular weight is 378 g/mol. The van der Waals surface area contributed by atoms with Gasteiger partial charge in [-0.15, -0.1) is 0 Å². The fraction of sp³-hybridized carbons (Fsp3) is 0.750. The number of hydrogen-bond acceptors (Lipinski definition) is 10. The zero-order chi connectivity index (χ0) is 20.3. The molecule has 0 aromatic carbocycles. The van der Waals surface area contributed by atoms with E-state index in [1.807, 2.05) is 0 Å². The Hall–Kier alpha value is -2.20. The Labute approximate surface area is 152 Å². The molecule has 0 bridgehead atoms. The van der Waals surface area contributed by atoms with Crippen molar-refractivity contribution in [2.45, 2.75) is 52.1 Å². The monoisotopic (exact) mass is 378 g/mol. The molecule has 0 radical (unpaired) electrons. The zero-order valence-corrected chi connectivity index (χ0v) is 15.8. The summed E-state index contributed by atoms with van der Waals surface area (Å²) in [7, 11) is 2.62. The lowest BCUT2D eigenvalue weighted by Crippen LogP contribution is -2.52. The van der Waals surface area contributed by atoms with Crippen molar-refractivity contribution >= 4 is 23.9 Å². The molecule has 4 atom stereocenters. The standard InChI is InChI=1S/C16H26O10/c1-9(17)23-7-13(21-5)16(26-12(4)20)15(22-6)14(25-11(3)19)8-24-10(2)18/h13-16H,7-8H2,1-6H3/t13-,14+,15-,16+/m0/s1. The van der Waals surface area contributed by atoms with Crippen LogP contribution >= 0.6 is 0 Å². The topological polar surface area (TPSA) is 124 Å². The molecule has 10 heteroatoms. The molecule has 0 heterocycles. The number of carbonyl (C=O) groups is 4. The minimum absolute atomic E-state index is 0.232. The van der Waals surface area contributed by atoms with E-state index < -0.39 is 48.3 Å².